The van der Waals surface area contributed by atoms with Crippen molar-refractivity contribution in [3.8, 4) is 0 Å². The standard InChI is InChI=1S/C13H16N4O3/c14-11(18)17-7-4-13(5-8-17)9-3-1-2-6-15-10(9)16-12(19)20-13/h1-2,6H,3-5,7-8H2,(H2,14,18)(H,16,19). The Morgan fingerprint density at radius 2 is 2.20 bits per heavy atom. The molecule has 106 valence electrons. The van der Waals surface area contributed by atoms with Gasteiger partial charge in [0, 0.05) is 37.7 Å². The van der Waals surface area contributed by atoms with Crippen molar-refractivity contribution < 1.29 is 14.3 Å². The Morgan fingerprint density at radius 3 is 2.90 bits per heavy atom. The predicted molar refractivity (Wildman–Crippen MR) is 72.0 cm³/mol. The highest BCUT2D eigenvalue weighted by Crippen LogP contribution is 2.39. The van der Waals surface area contributed by atoms with Gasteiger partial charge in [-0.05, 0) is 12.5 Å². The van der Waals surface area contributed by atoms with E-state index in [9.17, 15) is 9.59 Å². The summed E-state index contributed by atoms with van der Waals surface area (Å²) in [6.45, 7) is 0.958. The molecule has 3 amide bonds. The second-order valence-corrected chi connectivity index (χ2v) is 5.07. The van der Waals surface area contributed by atoms with Gasteiger partial charge in [-0.3, -0.25) is 5.32 Å². The lowest BCUT2D eigenvalue weighted by Crippen LogP contribution is -2.54. The van der Waals surface area contributed by atoms with Gasteiger partial charge in [-0.15, -0.1) is 0 Å². The second kappa shape index (κ2) is 4.66. The number of rotatable bonds is 0. The Labute approximate surface area is 116 Å². The number of amides is 3. The summed E-state index contributed by atoms with van der Waals surface area (Å²) in [5.74, 6) is 0.568. The van der Waals surface area contributed by atoms with Crippen molar-refractivity contribution in [3.63, 3.8) is 0 Å². The van der Waals surface area contributed by atoms with E-state index in [0.29, 0.717) is 38.2 Å². The third-order valence-corrected chi connectivity index (χ3v) is 3.97. The Bertz CT molecular complexity index is 542. The molecule has 20 heavy (non-hydrogen) atoms. The Balaban J connectivity index is 1.91. The zero-order valence-electron chi connectivity index (χ0n) is 11.0. The summed E-state index contributed by atoms with van der Waals surface area (Å²) in [6, 6.07) is -0.437. The number of likely N-dealkylation sites (tertiary alicyclic amines) is 1. The van der Waals surface area contributed by atoms with Gasteiger partial charge in [-0.1, -0.05) is 6.08 Å². The van der Waals surface area contributed by atoms with Crippen LogP contribution in [0.5, 0.6) is 0 Å². The highest BCUT2D eigenvalue weighted by atomic mass is 16.6. The van der Waals surface area contributed by atoms with Crippen LogP contribution in [-0.2, 0) is 4.74 Å². The maximum atomic E-state index is 11.8. The third-order valence-electron chi connectivity index (χ3n) is 3.97. The zero-order chi connectivity index (χ0) is 14.2. The van der Waals surface area contributed by atoms with Crippen molar-refractivity contribution in [2.45, 2.75) is 24.9 Å². The minimum Gasteiger partial charge on any atom is -0.438 e. The summed E-state index contributed by atoms with van der Waals surface area (Å²) in [7, 11) is 0. The molecule has 0 aromatic carbocycles. The SMILES string of the molecule is NC(=O)N1CCC2(CC1)OC(=O)NC1=C2CC=CC=N1. The van der Waals surface area contributed by atoms with Crippen LogP contribution in [0.1, 0.15) is 19.3 Å². The second-order valence-electron chi connectivity index (χ2n) is 5.07. The molecule has 0 aliphatic carbocycles. The smallest absolute Gasteiger partial charge is 0.413 e. The molecule has 0 radical (unpaired) electrons. The lowest BCUT2D eigenvalue weighted by Gasteiger charge is -2.44. The number of allylic oxidation sites excluding steroid dienone is 2. The number of urea groups is 1. The molecular weight excluding hydrogens is 260 g/mol. The van der Waals surface area contributed by atoms with Gasteiger partial charge in [-0.2, -0.15) is 0 Å². The monoisotopic (exact) mass is 276 g/mol. The maximum absolute atomic E-state index is 11.8. The third kappa shape index (κ3) is 2.04. The summed E-state index contributed by atoms with van der Waals surface area (Å²) in [5.41, 5.74) is 5.58. The van der Waals surface area contributed by atoms with E-state index in [1.807, 2.05) is 12.2 Å². The summed E-state index contributed by atoms with van der Waals surface area (Å²) in [4.78, 5) is 28.8. The summed E-state index contributed by atoms with van der Waals surface area (Å²) in [5, 5.41) is 2.64. The fourth-order valence-electron chi connectivity index (χ4n) is 2.90. The minimum absolute atomic E-state index is 0.437. The van der Waals surface area contributed by atoms with Gasteiger partial charge >= 0.3 is 12.1 Å². The van der Waals surface area contributed by atoms with E-state index in [1.165, 1.54) is 0 Å². The van der Waals surface area contributed by atoms with Crippen molar-refractivity contribution in [2.75, 3.05) is 13.1 Å². The largest absolute Gasteiger partial charge is 0.438 e. The van der Waals surface area contributed by atoms with Crippen LogP contribution in [0.4, 0.5) is 9.59 Å². The van der Waals surface area contributed by atoms with Crippen LogP contribution in [0.15, 0.2) is 28.5 Å². The Morgan fingerprint density at radius 1 is 1.45 bits per heavy atom. The summed E-state index contributed by atoms with van der Waals surface area (Å²) >= 11 is 0. The van der Waals surface area contributed by atoms with E-state index in [4.69, 9.17) is 10.5 Å². The van der Waals surface area contributed by atoms with Crippen LogP contribution in [0.25, 0.3) is 0 Å². The quantitative estimate of drug-likeness (QED) is 0.687. The van der Waals surface area contributed by atoms with Gasteiger partial charge in [0.25, 0.3) is 0 Å². The van der Waals surface area contributed by atoms with E-state index < -0.39 is 17.7 Å². The number of primary amides is 1. The van der Waals surface area contributed by atoms with Crippen molar-refractivity contribution in [1.82, 2.24) is 10.2 Å². The molecule has 0 atom stereocenters. The summed E-state index contributed by atoms with van der Waals surface area (Å²) < 4.78 is 5.57. The first-order chi connectivity index (χ1) is 9.61. The van der Waals surface area contributed by atoms with E-state index >= 15 is 0 Å². The van der Waals surface area contributed by atoms with Gasteiger partial charge in [0.05, 0.1) is 0 Å². The number of carbonyl (C=O) groups excluding carboxylic acids is 2. The number of nitrogens with zero attached hydrogens (tertiary/aromatic N) is 2. The van der Waals surface area contributed by atoms with Crippen molar-refractivity contribution in [3.05, 3.63) is 23.5 Å². The van der Waals surface area contributed by atoms with Crippen LogP contribution < -0.4 is 11.1 Å². The van der Waals surface area contributed by atoms with Crippen LogP contribution >= 0.6 is 0 Å². The molecule has 3 heterocycles. The Hall–Kier alpha value is -2.31. The first-order valence-corrected chi connectivity index (χ1v) is 6.58. The molecule has 0 unspecified atom stereocenters. The number of hydrogen-bond donors (Lipinski definition) is 2. The molecule has 0 aromatic heterocycles. The van der Waals surface area contributed by atoms with E-state index in [0.717, 1.165) is 5.57 Å². The number of piperidine rings is 1. The molecule has 7 heteroatoms. The molecule has 1 fully saturated rings. The molecule has 0 saturated carbocycles. The fourth-order valence-corrected chi connectivity index (χ4v) is 2.90. The van der Waals surface area contributed by atoms with Crippen LogP contribution in [0.2, 0.25) is 0 Å². The first kappa shape index (κ1) is 12.7. The van der Waals surface area contributed by atoms with E-state index in [2.05, 4.69) is 10.3 Å². The van der Waals surface area contributed by atoms with Crippen molar-refractivity contribution in [1.29, 1.82) is 0 Å². The van der Waals surface area contributed by atoms with E-state index in [1.54, 1.807) is 11.1 Å². The number of nitrogens with one attached hydrogen (secondary N) is 1. The first-order valence-electron chi connectivity index (χ1n) is 6.58. The zero-order valence-corrected chi connectivity index (χ0v) is 11.0. The number of carbonyl (C=O) groups is 2. The molecule has 3 rings (SSSR count). The van der Waals surface area contributed by atoms with Gasteiger partial charge in [-0.25, -0.2) is 14.6 Å². The highest BCUT2D eigenvalue weighted by Gasteiger charge is 2.46. The normalized spacial score (nSPS) is 24.0. The maximum Gasteiger partial charge on any atom is 0.413 e. The van der Waals surface area contributed by atoms with Crippen LogP contribution in [0, 0.1) is 0 Å². The van der Waals surface area contributed by atoms with Crippen molar-refractivity contribution in [2.24, 2.45) is 10.7 Å². The van der Waals surface area contributed by atoms with Gasteiger partial charge in [0.2, 0.25) is 0 Å². The number of fused-ring (bicyclic) bond motifs is 1. The molecule has 3 aliphatic rings. The van der Waals surface area contributed by atoms with Gasteiger partial charge in [0.15, 0.2) is 0 Å². The molecule has 3 aliphatic heterocycles. The molecule has 1 saturated heterocycles. The summed E-state index contributed by atoms with van der Waals surface area (Å²) in [6.07, 6.45) is 6.75. The topological polar surface area (TPSA) is 97.0 Å². The number of nitrogens with two attached hydrogens (primary N) is 1. The molecule has 0 aromatic rings. The molecular formula is C13H16N4O3. The van der Waals surface area contributed by atoms with E-state index in [-0.39, 0.29) is 0 Å². The van der Waals surface area contributed by atoms with Crippen LogP contribution in [0.3, 0.4) is 0 Å². The van der Waals surface area contributed by atoms with Crippen LogP contribution in [-0.4, -0.2) is 41.9 Å². The average molecular weight is 276 g/mol. The lowest BCUT2D eigenvalue weighted by atomic mass is 9.81. The lowest BCUT2D eigenvalue weighted by molar-refractivity contribution is -0.00942. The number of aliphatic imine (C=N–C) groups is 1. The molecule has 1 spiro atoms. The number of alkyl carbamates (subject to hydrolysis) is 1. The molecule has 3 N–H and O–H groups in total. The fraction of sp³-hybridized carbons (Fsp3) is 0.462. The number of hydrogen-bond acceptors (Lipinski definition) is 4. The van der Waals surface area contributed by atoms with Gasteiger partial charge < -0.3 is 15.4 Å². The van der Waals surface area contributed by atoms with Gasteiger partial charge in [0.1, 0.15) is 11.4 Å². The average Bonchev–Trinajstić information content (AvgIpc) is 2.65. The minimum atomic E-state index is -0.671. The number of ether oxygens (including phenoxy) is 1. The predicted octanol–water partition coefficient (Wildman–Crippen LogP) is 0.882. The molecule has 7 nitrogen and oxygen atoms in total. The van der Waals surface area contributed by atoms with Crippen molar-refractivity contribution >= 4 is 18.3 Å². The Kier molecular flexibility index (Phi) is 2.96. The highest BCUT2D eigenvalue weighted by molar-refractivity contribution is 5.78. The molecule has 0 bridgehead atoms.